The third-order valence-electron chi connectivity index (χ3n) is 10.3. The summed E-state index contributed by atoms with van der Waals surface area (Å²) in [5.74, 6) is 0.749. The lowest BCUT2D eigenvalue weighted by Gasteiger charge is -2.23. The molecular weight excluding hydrogens is 605 g/mol. The van der Waals surface area contributed by atoms with E-state index in [1.807, 2.05) is 109 Å². The number of nitrogens with zero attached hydrogens (tertiary/aromatic N) is 2. The molecule has 1 aliphatic rings. The number of aromatic nitrogens is 2. The van der Waals surface area contributed by atoms with E-state index in [1.54, 1.807) is 0 Å². The Hall–Kier alpha value is -6.25. The Morgan fingerprint density at radius 3 is 1.78 bits per heavy atom. The molecule has 1 aromatic heterocycles. The lowest BCUT2D eigenvalue weighted by atomic mass is 9.80. The molecule has 0 saturated carbocycles. The van der Waals surface area contributed by atoms with Gasteiger partial charge in [-0.2, -0.15) is 0 Å². The Kier molecular flexibility index (Phi) is 4.72. The summed E-state index contributed by atoms with van der Waals surface area (Å²) in [6, 6.07) is 36.7. The van der Waals surface area contributed by atoms with E-state index < -0.39 is 29.6 Å². The van der Waals surface area contributed by atoms with Crippen LogP contribution < -0.4 is 0 Å². The van der Waals surface area contributed by atoms with Gasteiger partial charge in [-0.25, -0.2) is 4.98 Å². The molecule has 0 bridgehead atoms. The summed E-state index contributed by atoms with van der Waals surface area (Å²) in [6.45, 7) is 4.30. The van der Waals surface area contributed by atoms with Crippen molar-refractivity contribution in [1.29, 1.82) is 0 Å². The first-order valence-corrected chi connectivity index (χ1v) is 16.7. The Bertz CT molecular complexity index is 3140. The maximum atomic E-state index is 9.42. The van der Waals surface area contributed by atoms with Gasteiger partial charge in [-0.15, -0.1) is 0 Å². The highest BCUT2D eigenvalue weighted by Crippen LogP contribution is 2.51. The predicted molar refractivity (Wildman–Crippen MR) is 210 cm³/mol. The first kappa shape index (κ1) is 21.7. The molecule has 236 valence electrons. The summed E-state index contributed by atoms with van der Waals surface area (Å²) in [6.07, 6.45) is 0. The average molecular weight is 647 g/mol. The summed E-state index contributed by atoms with van der Waals surface area (Å²) in [5.41, 5.74) is 9.22. The molecule has 0 atom stereocenters. The van der Waals surface area contributed by atoms with Crippen molar-refractivity contribution in [2.45, 2.75) is 19.3 Å². The molecule has 1 heterocycles. The van der Waals surface area contributed by atoms with Crippen LogP contribution in [0.25, 0.3) is 83.0 Å². The summed E-state index contributed by atoms with van der Waals surface area (Å²) in [5, 5.41) is 0.769. The second kappa shape index (κ2) is 10.9. The van der Waals surface area contributed by atoms with Crippen LogP contribution in [0.5, 0.6) is 0 Å². The van der Waals surface area contributed by atoms with Crippen LogP contribution in [-0.2, 0) is 5.41 Å². The van der Waals surface area contributed by atoms with Gasteiger partial charge in [0.2, 0.25) is 0 Å². The third kappa shape index (κ3) is 4.18. The van der Waals surface area contributed by atoms with Crippen LogP contribution in [-0.4, -0.2) is 9.55 Å². The van der Waals surface area contributed by atoms with Gasteiger partial charge in [-0.3, -0.25) is 4.57 Å². The Morgan fingerprint density at radius 2 is 1.08 bits per heavy atom. The highest BCUT2D eigenvalue weighted by atomic mass is 15.1. The highest BCUT2D eigenvalue weighted by Gasteiger charge is 2.35. The lowest BCUT2D eigenvalue weighted by Crippen LogP contribution is -2.14. The first-order chi connectivity index (χ1) is 27.9. The van der Waals surface area contributed by atoms with Gasteiger partial charge in [0.15, 0.2) is 0 Å². The van der Waals surface area contributed by atoms with Crippen LogP contribution in [0.1, 0.15) is 35.9 Å². The van der Waals surface area contributed by atoms with Gasteiger partial charge < -0.3 is 0 Å². The molecule has 0 saturated heterocycles. The van der Waals surface area contributed by atoms with Crippen molar-refractivity contribution in [3.05, 3.63) is 181 Å². The van der Waals surface area contributed by atoms with E-state index in [0.29, 0.717) is 22.3 Å². The van der Waals surface area contributed by atoms with Gasteiger partial charge in [-0.05, 0) is 96.4 Å². The van der Waals surface area contributed by atoms with Crippen LogP contribution in [0, 0.1) is 0 Å². The number of benzene rings is 8. The van der Waals surface area contributed by atoms with Crippen molar-refractivity contribution in [2.24, 2.45) is 0 Å². The van der Waals surface area contributed by atoms with E-state index in [0.717, 1.165) is 44.8 Å². The quantitative estimate of drug-likeness (QED) is 0.174. The number of rotatable bonds is 4. The smallest absolute Gasteiger partial charge is 0.145 e. The summed E-state index contributed by atoms with van der Waals surface area (Å²) < 4.78 is 75.2. The monoisotopic (exact) mass is 646 g/mol. The minimum absolute atomic E-state index is 0.187. The van der Waals surface area contributed by atoms with Crippen molar-refractivity contribution in [3.63, 3.8) is 0 Å². The van der Waals surface area contributed by atoms with Crippen molar-refractivity contribution in [1.82, 2.24) is 9.55 Å². The number of hydrogen-bond acceptors (Lipinski definition) is 1. The molecule has 0 radical (unpaired) electrons. The fraction of sp³-hybridized carbons (Fsp3) is 0.0625. The predicted octanol–water partition coefficient (Wildman–Crippen LogP) is 12.6. The van der Waals surface area contributed by atoms with Crippen molar-refractivity contribution >= 4 is 32.6 Å². The molecular formula is C48H34N2. The van der Waals surface area contributed by atoms with Gasteiger partial charge in [0.25, 0.3) is 0 Å². The van der Waals surface area contributed by atoms with E-state index in [4.69, 9.17) is 10.5 Å². The van der Waals surface area contributed by atoms with Gasteiger partial charge in [-0.1, -0.05) is 153 Å². The fourth-order valence-electron chi connectivity index (χ4n) is 7.91. The summed E-state index contributed by atoms with van der Waals surface area (Å²) >= 11 is 0. The number of imidazole rings is 1. The SMILES string of the molecule is [2H]c1c([2H])c([2H])c2c(-c3ccc4c(c3)C(C)(C)c3ccccc3-4)c3c([2H])c([2H])c([2H])c([2H])c3c(-c3ccc(-n4c(-c5ccccc5)nc5ccccc54)cc3)c2c1[2H]. The zero-order valence-corrected chi connectivity index (χ0v) is 27.4. The molecule has 2 nitrogen and oxygen atoms in total. The number of fused-ring (bicyclic) bond motifs is 6. The minimum Gasteiger partial charge on any atom is -0.292 e. The zero-order valence-electron chi connectivity index (χ0n) is 35.4. The standard InChI is InChI=1S/C48H34N2/c1-48(2)41-21-11-10-16-35(41)36-29-26-33(30-42(36)48)46-39-19-8-6-17-37(39)45(38-18-7-9-20-40(38)46)31-24-27-34(28-25-31)50-44-23-13-12-22-43(44)49-47(50)32-14-4-3-5-15-32/h3-30H,1-2H3/i6D,7D,8D,9D,17D,18D,19D,20D. The van der Waals surface area contributed by atoms with E-state index >= 15 is 0 Å². The van der Waals surface area contributed by atoms with Gasteiger partial charge in [0.1, 0.15) is 5.82 Å². The molecule has 10 rings (SSSR count). The molecule has 0 aliphatic heterocycles. The number of hydrogen-bond donors (Lipinski definition) is 0. The largest absolute Gasteiger partial charge is 0.292 e. The Balaban J connectivity index is 1.30. The Morgan fingerprint density at radius 1 is 0.520 bits per heavy atom. The summed E-state index contributed by atoms with van der Waals surface area (Å²) in [4.78, 5) is 4.98. The molecule has 1 aliphatic carbocycles. The van der Waals surface area contributed by atoms with Gasteiger partial charge in [0.05, 0.1) is 22.0 Å². The van der Waals surface area contributed by atoms with E-state index in [2.05, 4.69) is 30.5 Å². The van der Waals surface area contributed by atoms with Crippen molar-refractivity contribution in [3.8, 4) is 50.5 Å². The summed E-state index contributed by atoms with van der Waals surface area (Å²) in [7, 11) is 0. The third-order valence-corrected chi connectivity index (χ3v) is 10.3. The van der Waals surface area contributed by atoms with Gasteiger partial charge in [0, 0.05) is 16.7 Å². The maximum Gasteiger partial charge on any atom is 0.145 e. The van der Waals surface area contributed by atoms with Crippen LogP contribution in [0.4, 0.5) is 0 Å². The van der Waals surface area contributed by atoms with E-state index in [1.165, 1.54) is 5.56 Å². The second-order valence-electron chi connectivity index (χ2n) is 13.4. The fourth-order valence-corrected chi connectivity index (χ4v) is 7.91. The molecule has 2 heteroatoms. The second-order valence-corrected chi connectivity index (χ2v) is 13.4. The normalized spacial score (nSPS) is 15.4. The molecule has 50 heavy (non-hydrogen) atoms. The molecule has 9 aromatic rings. The molecule has 0 fully saturated rings. The highest BCUT2D eigenvalue weighted by molar-refractivity contribution is 6.21. The van der Waals surface area contributed by atoms with Crippen LogP contribution in [0.15, 0.2) is 170 Å². The zero-order chi connectivity index (χ0) is 40.4. The van der Waals surface area contributed by atoms with Crippen molar-refractivity contribution in [2.75, 3.05) is 0 Å². The number of para-hydroxylation sites is 2. The lowest BCUT2D eigenvalue weighted by molar-refractivity contribution is 0.660. The molecule has 0 amide bonds. The van der Waals surface area contributed by atoms with Crippen LogP contribution >= 0.6 is 0 Å². The topological polar surface area (TPSA) is 17.8 Å². The molecule has 0 spiro atoms. The van der Waals surface area contributed by atoms with Gasteiger partial charge >= 0.3 is 0 Å². The first-order valence-electron chi connectivity index (χ1n) is 20.7. The minimum atomic E-state index is -0.426. The maximum absolute atomic E-state index is 9.42. The Labute approximate surface area is 303 Å². The van der Waals surface area contributed by atoms with Crippen LogP contribution in [0.2, 0.25) is 0 Å². The van der Waals surface area contributed by atoms with Crippen molar-refractivity contribution < 1.29 is 11.0 Å². The molecule has 8 aromatic carbocycles. The molecule has 0 N–H and O–H groups in total. The van der Waals surface area contributed by atoms with E-state index in [9.17, 15) is 5.48 Å². The molecule has 0 unspecified atom stereocenters. The average Bonchev–Trinajstić information content (AvgIpc) is 3.75. The van der Waals surface area contributed by atoms with E-state index in [-0.39, 0.29) is 45.7 Å². The van der Waals surface area contributed by atoms with Crippen LogP contribution in [0.3, 0.4) is 0 Å².